The topological polar surface area (TPSA) is 0 Å². The van der Waals surface area contributed by atoms with E-state index in [1.807, 2.05) is 0 Å². The van der Waals surface area contributed by atoms with Gasteiger partial charge in [-0.25, -0.2) is 0 Å². The van der Waals surface area contributed by atoms with Crippen LogP contribution < -0.4 is 0 Å². The van der Waals surface area contributed by atoms with E-state index in [2.05, 4.69) is 68.6 Å². The SMILES string of the molecule is CC(C)(C)c1ccc(C2SCCCS2)cc1. The molecule has 1 heterocycles. The van der Waals surface area contributed by atoms with Crippen molar-refractivity contribution in [3.63, 3.8) is 0 Å². The van der Waals surface area contributed by atoms with Gasteiger partial charge in [-0.2, -0.15) is 0 Å². The number of hydrogen-bond donors (Lipinski definition) is 0. The third-order valence-corrected chi connectivity index (χ3v) is 5.89. The van der Waals surface area contributed by atoms with Crippen molar-refractivity contribution >= 4 is 23.5 Å². The fourth-order valence-corrected chi connectivity index (χ4v) is 4.71. The normalized spacial score (nSPS) is 18.7. The van der Waals surface area contributed by atoms with Crippen molar-refractivity contribution < 1.29 is 0 Å². The molecule has 1 fully saturated rings. The maximum absolute atomic E-state index is 2.32. The first kappa shape index (κ1) is 12.4. The quantitative estimate of drug-likeness (QED) is 0.700. The Labute approximate surface area is 108 Å². The Morgan fingerprint density at radius 2 is 1.56 bits per heavy atom. The molecular weight excluding hydrogens is 232 g/mol. The third kappa shape index (κ3) is 2.98. The molecule has 1 aliphatic heterocycles. The monoisotopic (exact) mass is 252 g/mol. The lowest BCUT2D eigenvalue weighted by Gasteiger charge is -2.23. The van der Waals surface area contributed by atoms with Crippen LogP contribution in [0.2, 0.25) is 0 Å². The number of rotatable bonds is 1. The third-order valence-electron chi connectivity index (χ3n) is 2.88. The van der Waals surface area contributed by atoms with E-state index in [1.54, 1.807) is 0 Å². The maximum Gasteiger partial charge on any atom is 0.0751 e. The second-order valence-corrected chi connectivity index (χ2v) is 8.02. The molecule has 0 bridgehead atoms. The van der Waals surface area contributed by atoms with Crippen LogP contribution in [0.3, 0.4) is 0 Å². The Morgan fingerprint density at radius 1 is 1.00 bits per heavy atom. The van der Waals surface area contributed by atoms with Gasteiger partial charge in [-0.05, 0) is 34.5 Å². The molecule has 0 atom stereocenters. The smallest absolute Gasteiger partial charge is 0.0751 e. The van der Waals surface area contributed by atoms with Gasteiger partial charge in [-0.1, -0.05) is 45.0 Å². The fraction of sp³-hybridized carbons (Fsp3) is 0.571. The van der Waals surface area contributed by atoms with Gasteiger partial charge < -0.3 is 0 Å². The standard InChI is InChI=1S/C14H20S2/c1-14(2,3)12-7-5-11(6-8-12)13-15-9-4-10-16-13/h5-8,13H,4,9-10H2,1-3H3. The zero-order valence-electron chi connectivity index (χ0n) is 10.3. The molecule has 16 heavy (non-hydrogen) atoms. The van der Waals surface area contributed by atoms with Gasteiger partial charge >= 0.3 is 0 Å². The fourth-order valence-electron chi connectivity index (χ4n) is 1.82. The minimum Gasteiger partial charge on any atom is -0.143 e. The first-order chi connectivity index (χ1) is 7.57. The van der Waals surface area contributed by atoms with Gasteiger partial charge in [-0.3, -0.25) is 0 Å². The molecular formula is C14H20S2. The highest BCUT2D eigenvalue weighted by atomic mass is 32.2. The minimum atomic E-state index is 0.269. The Balaban J connectivity index is 2.12. The Bertz CT molecular complexity index is 329. The van der Waals surface area contributed by atoms with Crippen LogP contribution >= 0.6 is 23.5 Å². The molecule has 2 rings (SSSR count). The molecule has 88 valence electrons. The van der Waals surface area contributed by atoms with Crippen molar-refractivity contribution in [2.45, 2.75) is 37.2 Å². The highest BCUT2D eigenvalue weighted by molar-refractivity contribution is 8.16. The van der Waals surface area contributed by atoms with Crippen molar-refractivity contribution in [2.75, 3.05) is 11.5 Å². The van der Waals surface area contributed by atoms with Crippen LogP contribution in [0, 0.1) is 0 Å². The van der Waals surface area contributed by atoms with Gasteiger partial charge in [0.05, 0.1) is 4.58 Å². The summed E-state index contributed by atoms with van der Waals surface area (Å²) >= 11 is 4.19. The van der Waals surface area contributed by atoms with Gasteiger partial charge in [0.2, 0.25) is 0 Å². The predicted octanol–water partition coefficient (Wildman–Crippen LogP) is 4.85. The minimum absolute atomic E-state index is 0.269. The molecule has 0 saturated carbocycles. The molecule has 1 aromatic rings. The summed E-state index contributed by atoms with van der Waals surface area (Å²) in [6, 6.07) is 9.23. The van der Waals surface area contributed by atoms with Gasteiger partial charge in [0.15, 0.2) is 0 Å². The van der Waals surface area contributed by atoms with E-state index in [-0.39, 0.29) is 5.41 Å². The van der Waals surface area contributed by atoms with Crippen LogP contribution in [0.4, 0.5) is 0 Å². The molecule has 0 nitrogen and oxygen atoms in total. The van der Waals surface area contributed by atoms with Crippen molar-refractivity contribution in [1.82, 2.24) is 0 Å². The first-order valence-electron chi connectivity index (χ1n) is 5.91. The van der Waals surface area contributed by atoms with E-state index in [0.717, 1.165) is 0 Å². The molecule has 0 unspecified atom stereocenters. The Hall–Kier alpha value is -0.0800. The van der Waals surface area contributed by atoms with Crippen LogP contribution in [-0.4, -0.2) is 11.5 Å². The Morgan fingerprint density at radius 3 is 2.06 bits per heavy atom. The van der Waals surface area contributed by atoms with Gasteiger partial charge in [-0.15, -0.1) is 23.5 Å². The van der Waals surface area contributed by atoms with E-state index >= 15 is 0 Å². The molecule has 0 amide bonds. The lowest BCUT2D eigenvalue weighted by Crippen LogP contribution is -2.11. The van der Waals surface area contributed by atoms with Crippen LogP contribution in [0.1, 0.15) is 42.9 Å². The number of thioether (sulfide) groups is 2. The average molecular weight is 252 g/mol. The molecule has 1 aliphatic rings. The average Bonchev–Trinajstić information content (AvgIpc) is 2.29. The number of hydrogen-bond acceptors (Lipinski definition) is 2. The van der Waals surface area contributed by atoms with Crippen LogP contribution in [-0.2, 0) is 5.41 Å². The molecule has 1 aromatic carbocycles. The summed E-state index contributed by atoms with van der Waals surface area (Å²) in [6.45, 7) is 6.81. The van der Waals surface area contributed by atoms with Crippen molar-refractivity contribution in [3.8, 4) is 0 Å². The molecule has 0 N–H and O–H groups in total. The lowest BCUT2D eigenvalue weighted by atomic mass is 9.87. The van der Waals surface area contributed by atoms with E-state index in [1.165, 1.54) is 29.1 Å². The second-order valence-electron chi connectivity index (χ2n) is 5.30. The molecule has 0 aromatic heterocycles. The van der Waals surface area contributed by atoms with Crippen molar-refractivity contribution in [1.29, 1.82) is 0 Å². The summed E-state index contributed by atoms with van der Waals surface area (Å²) < 4.78 is 0.669. The number of benzene rings is 1. The molecule has 2 heteroatoms. The van der Waals surface area contributed by atoms with Crippen molar-refractivity contribution in [2.24, 2.45) is 0 Å². The summed E-state index contributed by atoms with van der Waals surface area (Å²) in [7, 11) is 0. The Kier molecular flexibility index (Phi) is 3.91. The van der Waals surface area contributed by atoms with E-state index in [0.29, 0.717) is 4.58 Å². The van der Waals surface area contributed by atoms with Gasteiger partial charge in [0, 0.05) is 0 Å². The lowest BCUT2D eigenvalue weighted by molar-refractivity contribution is 0.590. The van der Waals surface area contributed by atoms with Crippen molar-refractivity contribution in [3.05, 3.63) is 35.4 Å². The molecule has 1 saturated heterocycles. The van der Waals surface area contributed by atoms with E-state index in [4.69, 9.17) is 0 Å². The molecule has 0 aliphatic carbocycles. The maximum atomic E-state index is 2.32. The largest absolute Gasteiger partial charge is 0.143 e. The highest BCUT2D eigenvalue weighted by Gasteiger charge is 2.18. The van der Waals surface area contributed by atoms with Crippen LogP contribution in [0.15, 0.2) is 24.3 Å². The summed E-state index contributed by atoms with van der Waals surface area (Å²) in [4.78, 5) is 0. The summed E-state index contributed by atoms with van der Waals surface area (Å²) in [5.41, 5.74) is 3.19. The second kappa shape index (κ2) is 5.05. The van der Waals surface area contributed by atoms with Gasteiger partial charge in [0.1, 0.15) is 0 Å². The van der Waals surface area contributed by atoms with Crippen LogP contribution in [0.25, 0.3) is 0 Å². The summed E-state index contributed by atoms with van der Waals surface area (Å²) in [6.07, 6.45) is 1.37. The van der Waals surface area contributed by atoms with E-state index in [9.17, 15) is 0 Å². The summed E-state index contributed by atoms with van der Waals surface area (Å²) in [5, 5.41) is 0. The molecule has 0 spiro atoms. The summed E-state index contributed by atoms with van der Waals surface area (Å²) in [5.74, 6) is 2.64. The van der Waals surface area contributed by atoms with E-state index < -0.39 is 0 Å². The first-order valence-corrected chi connectivity index (χ1v) is 8.01. The zero-order chi connectivity index (χ0) is 11.6. The molecule has 0 radical (unpaired) electrons. The highest BCUT2D eigenvalue weighted by Crippen LogP contribution is 2.43. The van der Waals surface area contributed by atoms with Crippen LogP contribution in [0.5, 0.6) is 0 Å². The predicted molar refractivity (Wildman–Crippen MR) is 77.4 cm³/mol. The van der Waals surface area contributed by atoms with Gasteiger partial charge in [0.25, 0.3) is 0 Å². The zero-order valence-corrected chi connectivity index (χ0v) is 12.0.